The number of hydrogen-bond donors (Lipinski definition) is 1. The number of nitrogen functional groups attached to an aromatic ring is 1. The highest BCUT2D eigenvalue weighted by atomic mass is 79.9. The summed E-state index contributed by atoms with van der Waals surface area (Å²) in [5, 5.41) is 8.57. The SMILES string of the molecule is Cc1nn(C)cc1C(C)n1ncc(Br)c1N. The maximum absolute atomic E-state index is 5.92. The Balaban J connectivity index is 2.42. The third-order valence-electron chi connectivity index (χ3n) is 2.66. The number of halogens is 1. The third kappa shape index (κ3) is 1.73. The van der Waals surface area contributed by atoms with Gasteiger partial charge in [0.1, 0.15) is 5.82 Å². The van der Waals surface area contributed by atoms with Crippen LogP contribution in [-0.2, 0) is 7.05 Å². The van der Waals surface area contributed by atoms with Crippen molar-refractivity contribution in [2.24, 2.45) is 7.05 Å². The Bertz CT molecular complexity index is 511. The molecule has 5 nitrogen and oxygen atoms in total. The molecule has 2 heterocycles. The lowest BCUT2D eigenvalue weighted by atomic mass is 10.1. The summed E-state index contributed by atoms with van der Waals surface area (Å²) in [6, 6.07) is 0.0833. The van der Waals surface area contributed by atoms with Crippen molar-refractivity contribution >= 4 is 21.7 Å². The van der Waals surface area contributed by atoms with Crippen LogP contribution in [0.3, 0.4) is 0 Å². The van der Waals surface area contributed by atoms with Gasteiger partial charge in [-0.1, -0.05) is 0 Å². The number of rotatable bonds is 2. The number of aryl methyl sites for hydroxylation is 2. The van der Waals surface area contributed by atoms with E-state index in [0.29, 0.717) is 5.82 Å². The molecule has 0 aromatic carbocycles. The van der Waals surface area contributed by atoms with Crippen LogP contribution in [0.5, 0.6) is 0 Å². The van der Waals surface area contributed by atoms with Crippen molar-refractivity contribution < 1.29 is 0 Å². The van der Waals surface area contributed by atoms with E-state index < -0.39 is 0 Å². The lowest BCUT2D eigenvalue weighted by molar-refractivity contribution is 0.570. The van der Waals surface area contributed by atoms with Gasteiger partial charge >= 0.3 is 0 Å². The summed E-state index contributed by atoms with van der Waals surface area (Å²) >= 11 is 3.35. The molecule has 0 saturated heterocycles. The molecule has 2 rings (SSSR count). The molecular weight excluding hydrogens is 270 g/mol. The predicted octanol–water partition coefficient (Wildman–Crippen LogP) is 1.88. The number of nitrogens with two attached hydrogens (primary N) is 1. The van der Waals surface area contributed by atoms with Crippen molar-refractivity contribution in [1.29, 1.82) is 0 Å². The molecule has 1 unspecified atom stereocenters. The fourth-order valence-electron chi connectivity index (χ4n) is 1.82. The minimum atomic E-state index is 0.0833. The zero-order valence-electron chi connectivity index (χ0n) is 9.48. The van der Waals surface area contributed by atoms with Crippen LogP contribution in [0, 0.1) is 6.92 Å². The second-order valence-corrected chi connectivity index (χ2v) is 4.70. The molecule has 0 bridgehead atoms. The van der Waals surface area contributed by atoms with Gasteiger partial charge in [-0.05, 0) is 29.8 Å². The maximum atomic E-state index is 5.92. The summed E-state index contributed by atoms with van der Waals surface area (Å²) in [6.45, 7) is 4.04. The Morgan fingerprint density at radius 2 is 2.19 bits per heavy atom. The molecule has 0 radical (unpaired) electrons. The molecule has 6 heteroatoms. The Morgan fingerprint density at radius 3 is 2.62 bits per heavy atom. The molecule has 2 aromatic heterocycles. The average Bonchev–Trinajstić information content (AvgIpc) is 2.71. The van der Waals surface area contributed by atoms with Crippen molar-refractivity contribution in [3.63, 3.8) is 0 Å². The Morgan fingerprint density at radius 1 is 1.50 bits per heavy atom. The van der Waals surface area contributed by atoms with E-state index in [2.05, 4.69) is 33.1 Å². The van der Waals surface area contributed by atoms with E-state index in [9.17, 15) is 0 Å². The summed E-state index contributed by atoms with van der Waals surface area (Å²) in [4.78, 5) is 0. The summed E-state index contributed by atoms with van der Waals surface area (Å²) in [6.07, 6.45) is 3.70. The molecular formula is C10H14BrN5. The fourth-order valence-corrected chi connectivity index (χ4v) is 2.09. The van der Waals surface area contributed by atoms with Crippen molar-refractivity contribution in [2.45, 2.75) is 19.9 Å². The smallest absolute Gasteiger partial charge is 0.136 e. The molecule has 0 aliphatic rings. The molecule has 0 saturated carbocycles. The van der Waals surface area contributed by atoms with E-state index in [1.165, 1.54) is 0 Å². The molecule has 0 aliphatic carbocycles. The molecule has 86 valence electrons. The van der Waals surface area contributed by atoms with Gasteiger partial charge in [-0.3, -0.25) is 4.68 Å². The van der Waals surface area contributed by atoms with Gasteiger partial charge in [0.05, 0.1) is 22.4 Å². The first-order valence-corrected chi connectivity index (χ1v) is 5.78. The average molecular weight is 284 g/mol. The second-order valence-electron chi connectivity index (χ2n) is 3.84. The molecule has 0 fully saturated rings. The number of anilines is 1. The van der Waals surface area contributed by atoms with E-state index in [-0.39, 0.29) is 6.04 Å². The van der Waals surface area contributed by atoms with Crippen LogP contribution in [0.1, 0.15) is 24.2 Å². The van der Waals surface area contributed by atoms with Gasteiger partial charge in [-0.25, -0.2) is 4.68 Å². The van der Waals surface area contributed by atoms with Crippen molar-refractivity contribution in [3.05, 3.63) is 28.1 Å². The van der Waals surface area contributed by atoms with Gasteiger partial charge < -0.3 is 5.73 Å². The van der Waals surface area contributed by atoms with Crippen LogP contribution in [-0.4, -0.2) is 19.6 Å². The van der Waals surface area contributed by atoms with Crippen molar-refractivity contribution in [2.75, 3.05) is 5.73 Å². The lowest BCUT2D eigenvalue weighted by Gasteiger charge is -2.13. The lowest BCUT2D eigenvalue weighted by Crippen LogP contribution is -2.11. The zero-order chi connectivity index (χ0) is 11.9. The second kappa shape index (κ2) is 3.93. The predicted molar refractivity (Wildman–Crippen MR) is 66.1 cm³/mol. The van der Waals surface area contributed by atoms with Gasteiger partial charge in [-0.15, -0.1) is 0 Å². The summed E-state index contributed by atoms with van der Waals surface area (Å²) < 4.78 is 4.41. The normalized spacial score (nSPS) is 13.0. The first-order chi connectivity index (χ1) is 7.50. The Kier molecular flexibility index (Phi) is 2.75. The van der Waals surface area contributed by atoms with Crippen LogP contribution in [0.2, 0.25) is 0 Å². The van der Waals surface area contributed by atoms with Gasteiger partial charge in [-0.2, -0.15) is 10.2 Å². The largest absolute Gasteiger partial charge is 0.383 e. The zero-order valence-corrected chi connectivity index (χ0v) is 11.1. The van der Waals surface area contributed by atoms with Crippen molar-refractivity contribution in [1.82, 2.24) is 19.6 Å². The number of hydrogen-bond acceptors (Lipinski definition) is 3. The van der Waals surface area contributed by atoms with Crippen LogP contribution >= 0.6 is 15.9 Å². The molecule has 0 aliphatic heterocycles. The van der Waals surface area contributed by atoms with E-state index in [4.69, 9.17) is 5.73 Å². The first kappa shape index (κ1) is 11.2. The van der Waals surface area contributed by atoms with Crippen LogP contribution in [0.4, 0.5) is 5.82 Å². The molecule has 2 aromatic rings. The quantitative estimate of drug-likeness (QED) is 0.915. The summed E-state index contributed by atoms with van der Waals surface area (Å²) in [7, 11) is 1.91. The van der Waals surface area contributed by atoms with E-state index >= 15 is 0 Å². The summed E-state index contributed by atoms with van der Waals surface area (Å²) in [5.74, 6) is 0.635. The van der Waals surface area contributed by atoms with Crippen LogP contribution in [0.25, 0.3) is 0 Å². The minimum absolute atomic E-state index is 0.0833. The first-order valence-electron chi connectivity index (χ1n) is 4.99. The van der Waals surface area contributed by atoms with E-state index in [0.717, 1.165) is 15.7 Å². The van der Waals surface area contributed by atoms with Crippen LogP contribution < -0.4 is 5.73 Å². The third-order valence-corrected chi connectivity index (χ3v) is 3.27. The van der Waals surface area contributed by atoms with E-state index in [1.807, 2.05) is 20.2 Å². The van der Waals surface area contributed by atoms with Gasteiger partial charge in [0.2, 0.25) is 0 Å². The molecule has 0 spiro atoms. The molecule has 0 amide bonds. The Labute approximate surface area is 102 Å². The highest BCUT2D eigenvalue weighted by molar-refractivity contribution is 9.10. The molecule has 2 N–H and O–H groups in total. The fraction of sp³-hybridized carbons (Fsp3) is 0.400. The highest BCUT2D eigenvalue weighted by Gasteiger charge is 2.17. The van der Waals surface area contributed by atoms with Gasteiger partial charge in [0.25, 0.3) is 0 Å². The monoisotopic (exact) mass is 283 g/mol. The number of nitrogens with zero attached hydrogens (tertiary/aromatic N) is 4. The minimum Gasteiger partial charge on any atom is -0.383 e. The standard InChI is InChI=1S/C10H14BrN5/c1-6-8(5-15(3)14-6)7(2)16-10(12)9(11)4-13-16/h4-5,7H,12H2,1-3H3. The van der Waals surface area contributed by atoms with Crippen LogP contribution in [0.15, 0.2) is 16.9 Å². The maximum Gasteiger partial charge on any atom is 0.136 e. The van der Waals surface area contributed by atoms with Gasteiger partial charge in [0, 0.05) is 18.8 Å². The Hall–Kier alpha value is -1.30. The van der Waals surface area contributed by atoms with E-state index in [1.54, 1.807) is 15.6 Å². The molecule has 1 atom stereocenters. The summed E-state index contributed by atoms with van der Waals surface area (Å²) in [5.41, 5.74) is 8.05. The molecule has 16 heavy (non-hydrogen) atoms. The van der Waals surface area contributed by atoms with Crippen molar-refractivity contribution in [3.8, 4) is 0 Å². The topological polar surface area (TPSA) is 61.7 Å². The number of aromatic nitrogens is 4. The van der Waals surface area contributed by atoms with Gasteiger partial charge in [0.15, 0.2) is 0 Å². The highest BCUT2D eigenvalue weighted by Crippen LogP contribution is 2.26.